The zero-order valence-corrected chi connectivity index (χ0v) is 14.4. The lowest BCUT2D eigenvalue weighted by Crippen LogP contribution is -2.42. The smallest absolute Gasteiger partial charge is 0.305 e. The van der Waals surface area contributed by atoms with E-state index in [4.69, 9.17) is 5.11 Å². The SMILES string of the molecule is Cc1ccc(N2CC(C(=O)N(CCC(=O)O)C(C)C)CC2=O)cc1. The van der Waals surface area contributed by atoms with Crippen molar-refractivity contribution < 1.29 is 19.5 Å². The first-order valence-corrected chi connectivity index (χ1v) is 8.19. The number of carbonyl (C=O) groups excluding carboxylic acids is 2. The molecular weight excluding hydrogens is 308 g/mol. The van der Waals surface area contributed by atoms with E-state index in [-0.39, 0.29) is 37.2 Å². The summed E-state index contributed by atoms with van der Waals surface area (Å²) in [5.74, 6) is -1.57. The van der Waals surface area contributed by atoms with Gasteiger partial charge in [-0.15, -0.1) is 0 Å². The molecule has 1 aliphatic heterocycles. The molecule has 1 N–H and O–H groups in total. The minimum Gasteiger partial charge on any atom is -0.481 e. The van der Waals surface area contributed by atoms with E-state index < -0.39 is 11.9 Å². The zero-order valence-electron chi connectivity index (χ0n) is 14.4. The number of benzene rings is 1. The number of nitrogens with zero attached hydrogens (tertiary/aromatic N) is 2. The van der Waals surface area contributed by atoms with Crippen molar-refractivity contribution in [2.75, 3.05) is 18.0 Å². The van der Waals surface area contributed by atoms with Crippen LogP contribution in [0.2, 0.25) is 0 Å². The molecule has 2 amide bonds. The molecule has 24 heavy (non-hydrogen) atoms. The second-order valence-corrected chi connectivity index (χ2v) is 6.51. The van der Waals surface area contributed by atoms with Gasteiger partial charge in [0.05, 0.1) is 12.3 Å². The Kier molecular flexibility index (Phi) is 5.59. The third kappa shape index (κ3) is 4.13. The molecule has 0 spiro atoms. The maximum atomic E-state index is 12.7. The maximum absolute atomic E-state index is 12.7. The van der Waals surface area contributed by atoms with Crippen molar-refractivity contribution in [1.82, 2.24) is 4.90 Å². The first kappa shape index (κ1) is 18.0. The Morgan fingerprint density at radius 1 is 1.29 bits per heavy atom. The van der Waals surface area contributed by atoms with Gasteiger partial charge in [0.1, 0.15) is 0 Å². The number of aryl methyl sites for hydroxylation is 1. The van der Waals surface area contributed by atoms with Crippen LogP contribution in [-0.2, 0) is 14.4 Å². The lowest BCUT2D eigenvalue weighted by atomic mass is 10.1. The van der Waals surface area contributed by atoms with Crippen molar-refractivity contribution in [3.05, 3.63) is 29.8 Å². The molecule has 2 rings (SSSR count). The van der Waals surface area contributed by atoms with Gasteiger partial charge in [0, 0.05) is 31.2 Å². The molecule has 1 saturated heterocycles. The molecule has 0 aliphatic carbocycles. The molecule has 1 fully saturated rings. The van der Waals surface area contributed by atoms with Gasteiger partial charge in [-0.05, 0) is 32.9 Å². The van der Waals surface area contributed by atoms with E-state index in [0.717, 1.165) is 11.3 Å². The van der Waals surface area contributed by atoms with Crippen LogP contribution in [0.1, 0.15) is 32.3 Å². The van der Waals surface area contributed by atoms with Gasteiger partial charge in [-0.1, -0.05) is 17.7 Å². The van der Waals surface area contributed by atoms with Crippen LogP contribution < -0.4 is 4.90 Å². The fourth-order valence-electron chi connectivity index (χ4n) is 2.92. The summed E-state index contributed by atoms with van der Waals surface area (Å²) in [6.45, 7) is 6.20. The van der Waals surface area contributed by atoms with Crippen molar-refractivity contribution in [2.45, 2.75) is 39.7 Å². The van der Waals surface area contributed by atoms with E-state index in [1.807, 2.05) is 45.0 Å². The molecule has 0 aromatic heterocycles. The predicted molar refractivity (Wildman–Crippen MR) is 90.7 cm³/mol. The molecular formula is C18H24N2O4. The first-order chi connectivity index (χ1) is 11.3. The summed E-state index contributed by atoms with van der Waals surface area (Å²) in [5, 5.41) is 8.85. The number of rotatable bonds is 6. The lowest BCUT2D eigenvalue weighted by Gasteiger charge is -2.28. The first-order valence-electron chi connectivity index (χ1n) is 8.19. The monoisotopic (exact) mass is 332 g/mol. The molecule has 6 nitrogen and oxygen atoms in total. The van der Waals surface area contributed by atoms with E-state index in [1.165, 1.54) is 0 Å². The summed E-state index contributed by atoms with van der Waals surface area (Å²) < 4.78 is 0. The average Bonchev–Trinajstić information content (AvgIpc) is 2.89. The summed E-state index contributed by atoms with van der Waals surface area (Å²) in [5.41, 5.74) is 1.90. The highest BCUT2D eigenvalue weighted by atomic mass is 16.4. The Balaban J connectivity index is 2.09. The van der Waals surface area contributed by atoms with Gasteiger partial charge >= 0.3 is 5.97 Å². The number of aliphatic carboxylic acids is 1. The predicted octanol–water partition coefficient (Wildman–Crippen LogP) is 2.06. The highest BCUT2D eigenvalue weighted by Crippen LogP contribution is 2.27. The van der Waals surface area contributed by atoms with Crippen molar-refractivity contribution >= 4 is 23.5 Å². The Morgan fingerprint density at radius 3 is 2.46 bits per heavy atom. The third-order valence-corrected chi connectivity index (χ3v) is 4.29. The molecule has 0 bridgehead atoms. The van der Waals surface area contributed by atoms with Crippen LogP contribution in [0.3, 0.4) is 0 Å². The van der Waals surface area contributed by atoms with Crippen molar-refractivity contribution in [3.8, 4) is 0 Å². The van der Waals surface area contributed by atoms with Gasteiger partial charge in [0.2, 0.25) is 11.8 Å². The third-order valence-electron chi connectivity index (χ3n) is 4.29. The number of hydrogen-bond acceptors (Lipinski definition) is 3. The average molecular weight is 332 g/mol. The summed E-state index contributed by atoms with van der Waals surface area (Å²) in [6, 6.07) is 7.53. The standard InChI is InChI=1S/C18H24N2O4/c1-12(2)19(9-8-17(22)23)18(24)14-10-16(21)20(11-14)15-6-4-13(3)5-7-15/h4-7,12,14H,8-11H2,1-3H3,(H,22,23). The molecule has 1 aromatic rings. The summed E-state index contributed by atoms with van der Waals surface area (Å²) in [7, 11) is 0. The largest absolute Gasteiger partial charge is 0.481 e. The molecule has 1 aliphatic rings. The Morgan fingerprint density at radius 2 is 1.92 bits per heavy atom. The highest BCUT2D eigenvalue weighted by Gasteiger charge is 2.37. The highest BCUT2D eigenvalue weighted by molar-refractivity contribution is 6.00. The van der Waals surface area contributed by atoms with Crippen LogP contribution >= 0.6 is 0 Å². The van der Waals surface area contributed by atoms with E-state index >= 15 is 0 Å². The van der Waals surface area contributed by atoms with E-state index in [1.54, 1.807) is 9.80 Å². The topological polar surface area (TPSA) is 77.9 Å². The maximum Gasteiger partial charge on any atom is 0.305 e. The molecule has 1 heterocycles. The second kappa shape index (κ2) is 7.47. The lowest BCUT2D eigenvalue weighted by molar-refractivity contribution is -0.141. The van der Waals surface area contributed by atoms with Crippen LogP contribution in [0.25, 0.3) is 0 Å². The van der Waals surface area contributed by atoms with Crippen molar-refractivity contribution in [3.63, 3.8) is 0 Å². The number of carboxylic acid groups (broad SMARTS) is 1. The Bertz CT molecular complexity index is 624. The van der Waals surface area contributed by atoms with Gasteiger partial charge in [-0.2, -0.15) is 0 Å². The van der Waals surface area contributed by atoms with E-state index in [0.29, 0.717) is 6.54 Å². The van der Waals surface area contributed by atoms with Crippen LogP contribution in [-0.4, -0.2) is 46.9 Å². The quantitative estimate of drug-likeness (QED) is 0.865. The molecule has 1 unspecified atom stereocenters. The molecule has 1 aromatic carbocycles. The van der Waals surface area contributed by atoms with E-state index in [2.05, 4.69) is 0 Å². The molecule has 0 radical (unpaired) electrons. The van der Waals surface area contributed by atoms with Crippen LogP contribution in [0.4, 0.5) is 5.69 Å². The van der Waals surface area contributed by atoms with Gasteiger partial charge in [-0.25, -0.2) is 0 Å². The molecule has 0 saturated carbocycles. The fourth-order valence-corrected chi connectivity index (χ4v) is 2.92. The number of hydrogen-bond donors (Lipinski definition) is 1. The summed E-state index contributed by atoms with van der Waals surface area (Å²) in [4.78, 5) is 39.0. The van der Waals surface area contributed by atoms with Gasteiger partial charge < -0.3 is 14.9 Å². The minimum absolute atomic E-state index is 0.0702. The van der Waals surface area contributed by atoms with Crippen molar-refractivity contribution in [2.24, 2.45) is 5.92 Å². The fraction of sp³-hybridized carbons (Fsp3) is 0.500. The number of anilines is 1. The summed E-state index contributed by atoms with van der Waals surface area (Å²) >= 11 is 0. The van der Waals surface area contributed by atoms with Gasteiger partial charge in [0.15, 0.2) is 0 Å². The van der Waals surface area contributed by atoms with Crippen LogP contribution in [0.5, 0.6) is 0 Å². The zero-order chi connectivity index (χ0) is 17.9. The number of amides is 2. The van der Waals surface area contributed by atoms with Crippen molar-refractivity contribution in [1.29, 1.82) is 0 Å². The van der Waals surface area contributed by atoms with E-state index in [9.17, 15) is 14.4 Å². The summed E-state index contributed by atoms with van der Waals surface area (Å²) in [6.07, 6.45) is 0.0786. The number of carbonyl (C=O) groups is 3. The second-order valence-electron chi connectivity index (χ2n) is 6.51. The molecule has 130 valence electrons. The number of carboxylic acids is 1. The van der Waals surface area contributed by atoms with Crippen LogP contribution in [0.15, 0.2) is 24.3 Å². The van der Waals surface area contributed by atoms with Crippen LogP contribution in [0, 0.1) is 12.8 Å². The Labute approximate surface area is 142 Å². The molecule has 6 heteroatoms. The molecule has 1 atom stereocenters. The Hall–Kier alpha value is -2.37. The van der Waals surface area contributed by atoms with Gasteiger partial charge in [-0.3, -0.25) is 14.4 Å². The minimum atomic E-state index is -0.933. The normalized spacial score (nSPS) is 17.4. The van der Waals surface area contributed by atoms with Gasteiger partial charge in [0.25, 0.3) is 0 Å².